The van der Waals surface area contributed by atoms with E-state index < -0.39 is 23.4 Å². The van der Waals surface area contributed by atoms with Crippen LogP contribution in [0.3, 0.4) is 0 Å². The van der Waals surface area contributed by atoms with Crippen molar-refractivity contribution in [1.29, 1.82) is 0 Å². The molecule has 0 bridgehead atoms. The Hall–Kier alpha value is -2.84. The van der Waals surface area contributed by atoms with Crippen LogP contribution in [0.15, 0.2) is 11.1 Å². The molecule has 31 heavy (non-hydrogen) atoms. The lowest BCUT2D eigenvalue weighted by molar-refractivity contribution is -0.567. The monoisotopic (exact) mass is 429 g/mol. The van der Waals surface area contributed by atoms with Crippen molar-refractivity contribution < 1.29 is 19.0 Å². The van der Waals surface area contributed by atoms with Gasteiger partial charge in [-0.3, -0.25) is 19.4 Å². The number of nitrogens with zero attached hydrogens (tertiary/aromatic N) is 6. The van der Waals surface area contributed by atoms with Gasteiger partial charge in [0.05, 0.1) is 18.3 Å². The molecule has 2 aliphatic heterocycles. The van der Waals surface area contributed by atoms with Crippen LogP contribution in [0.25, 0.3) is 0 Å². The SMILES string of the molecule is CCc1cc(CC)n(C2=[N+](C(C)C)C3C(=O)N(CC(=O)C(C)(C)C)C(=O)N(C)C3=N2)n1. The average Bonchev–Trinajstić information content (AvgIpc) is 3.29. The molecule has 0 aliphatic carbocycles. The van der Waals surface area contributed by atoms with Gasteiger partial charge < -0.3 is 0 Å². The quantitative estimate of drug-likeness (QED) is 0.669. The third-order valence-electron chi connectivity index (χ3n) is 5.77. The number of hydrogen-bond donors (Lipinski definition) is 0. The Morgan fingerprint density at radius 2 is 1.84 bits per heavy atom. The summed E-state index contributed by atoms with van der Waals surface area (Å²) in [4.78, 5) is 46.2. The van der Waals surface area contributed by atoms with Crippen molar-refractivity contribution >= 4 is 29.5 Å². The molecule has 1 aromatic rings. The molecule has 1 atom stereocenters. The van der Waals surface area contributed by atoms with Crippen LogP contribution in [0.5, 0.6) is 0 Å². The fourth-order valence-corrected chi connectivity index (χ4v) is 3.75. The van der Waals surface area contributed by atoms with Crippen LogP contribution in [-0.4, -0.2) is 79.3 Å². The topological polar surface area (TPSA) is 90.9 Å². The summed E-state index contributed by atoms with van der Waals surface area (Å²) in [7, 11) is 1.60. The van der Waals surface area contributed by atoms with E-state index in [0.717, 1.165) is 29.1 Å². The molecule has 2 aliphatic rings. The molecule has 0 N–H and O–H groups in total. The predicted octanol–water partition coefficient (Wildman–Crippen LogP) is 1.92. The molecule has 0 saturated carbocycles. The number of hydrogen-bond acceptors (Lipinski definition) is 5. The molecule has 1 fully saturated rings. The lowest BCUT2D eigenvalue weighted by Crippen LogP contribution is -2.64. The first-order valence-electron chi connectivity index (χ1n) is 10.9. The number of aryl methyl sites for hydroxylation is 2. The maximum absolute atomic E-state index is 13.5. The number of carbonyl (C=O) groups is 3. The van der Waals surface area contributed by atoms with E-state index in [1.807, 2.05) is 38.3 Å². The molecular formula is C22H33N6O3+. The van der Waals surface area contributed by atoms with E-state index in [0.29, 0.717) is 11.8 Å². The second kappa shape index (κ2) is 8.01. The van der Waals surface area contributed by atoms with Crippen LogP contribution >= 0.6 is 0 Å². The highest BCUT2D eigenvalue weighted by Crippen LogP contribution is 2.24. The second-order valence-electron chi connectivity index (χ2n) is 9.36. The van der Waals surface area contributed by atoms with Crippen molar-refractivity contribution in [3.8, 4) is 0 Å². The smallest absolute Gasteiger partial charge is 0.297 e. The predicted molar refractivity (Wildman–Crippen MR) is 117 cm³/mol. The summed E-state index contributed by atoms with van der Waals surface area (Å²) in [6, 6.07) is 0.655. The largest absolute Gasteiger partial charge is 0.421 e. The highest BCUT2D eigenvalue weighted by atomic mass is 16.2. The number of amides is 3. The molecule has 168 valence electrons. The number of imide groups is 1. The van der Waals surface area contributed by atoms with E-state index in [9.17, 15) is 14.4 Å². The van der Waals surface area contributed by atoms with Gasteiger partial charge in [0, 0.05) is 18.9 Å². The van der Waals surface area contributed by atoms with Crippen molar-refractivity contribution in [2.75, 3.05) is 13.6 Å². The van der Waals surface area contributed by atoms with Crippen molar-refractivity contribution in [1.82, 2.24) is 19.6 Å². The molecule has 9 nitrogen and oxygen atoms in total. The first kappa shape index (κ1) is 22.8. The fraction of sp³-hybridized carbons (Fsp3) is 0.636. The van der Waals surface area contributed by atoms with E-state index in [1.165, 1.54) is 4.90 Å². The number of rotatable bonds is 5. The Kier molecular flexibility index (Phi) is 5.90. The number of carbonyl (C=O) groups excluding carboxylic acids is 3. The van der Waals surface area contributed by atoms with E-state index in [4.69, 9.17) is 4.99 Å². The number of aliphatic imine (C=N–C) groups is 1. The molecule has 9 heteroatoms. The molecule has 0 aromatic carbocycles. The number of amidine groups is 1. The number of Topliss-reactive ketones (excluding diaryl/α,β-unsaturated/α-hetero) is 1. The molecule has 1 aromatic heterocycles. The average molecular weight is 430 g/mol. The third-order valence-corrected chi connectivity index (χ3v) is 5.77. The summed E-state index contributed by atoms with van der Waals surface area (Å²) in [5.41, 5.74) is 1.28. The van der Waals surface area contributed by atoms with Gasteiger partial charge in [0.15, 0.2) is 5.78 Å². The molecule has 0 radical (unpaired) electrons. The van der Waals surface area contributed by atoms with Crippen LogP contribution in [0.4, 0.5) is 4.79 Å². The normalized spacial score (nSPS) is 19.5. The van der Waals surface area contributed by atoms with E-state index in [2.05, 4.69) is 5.10 Å². The van der Waals surface area contributed by atoms with Crippen molar-refractivity contribution in [3.05, 3.63) is 17.5 Å². The van der Waals surface area contributed by atoms with E-state index in [1.54, 1.807) is 32.5 Å². The highest BCUT2D eigenvalue weighted by molar-refractivity contribution is 6.23. The van der Waals surface area contributed by atoms with Crippen molar-refractivity contribution in [2.45, 2.75) is 73.4 Å². The lowest BCUT2D eigenvalue weighted by Gasteiger charge is -2.35. The maximum Gasteiger partial charge on any atom is 0.421 e. The fourth-order valence-electron chi connectivity index (χ4n) is 3.75. The van der Waals surface area contributed by atoms with Crippen molar-refractivity contribution in [3.63, 3.8) is 0 Å². The standard InChI is InChI=1S/C22H33N6O3/c1-9-14-11-15(10-2)28(24-14)20-23-18-17(27(20)13(3)4)19(30)26(21(31)25(18)8)12-16(29)22(5,6)7/h11,13,17H,9-10,12H2,1-8H3/q+1. The molecule has 0 spiro atoms. The van der Waals surface area contributed by atoms with Crippen molar-refractivity contribution in [2.24, 2.45) is 10.4 Å². The van der Waals surface area contributed by atoms with Gasteiger partial charge in [0.2, 0.25) is 11.9 Å². The van der Waals surface area contributed by atoms with E-state index in [-0.39, 0.29) is 18.4 Å². The summed E-state index contributed by atoms with van der Waals surface area (Å²) < 4.78 is 3.67. The minimum atomic E-state index is -0.774. The zero-order chi connectivity index (χ0) is 23.2. The first-order chi connectivity index (χ1) is 14.4. The summed E-state index contributed by atoms with van der Waals surface area (Å²) >= 11 is 0. The Morgan fingerprint density at radius 1 is 1.19 bits per heavy atom. The minimum Gasteiger partial charge on any atom is -0.297 e. The molecule has 3 rings (SSSR count). The van der Waals surface area contributed by atoms with Gasteiger partial charge in [0.25, 0.3) is 5.91 Å². The van der Waals surface area contributed by atoms with Gasteiger partial charge in [-0.05, 0) is 26.3 Å². The van der Waals surface area contributed by atoms with E-state index >= 15 is 0 Å². The van der Waals surface area contributed by atoms with Gasteiger partial charge in [-0.2, -0.15) is 0 Å². The first-order valence-corrected chi connectivity index (χ1v) is 10.9. The van der Waals surface area contributed by atoms with Gasteiger partial charge in [-0.15, -0.1) is 9.78 Å². The zero-order valence-corrected chi connectivity index (χ0v) is 19.8. The highest BCUT2D eigenvalue weighted by Gasteiger charge is 2.54. The van der Waals surface area contributed by atoms with Crippen LogP contribution in [0.2, 0.25) is 0 Å². The second-order valence-corrected chi connectivity index (χ2v) is 9.36. The van der Waals surface area contributed by atoms with Crippen LogP contribution in [0.1, 0.15) is 59.9 Å². The Morgan fingerprint density at radius 3 is 2.35 bits per heavy atom. The number of fused-ring (bicyclic) bond motifs is 1. The maximum atomic E-state index is 13.5. The number of ketones is 1. The molecule has 1 unspecified atom stereocenters. The summed E-state index contributed by atoms with van der Waals surface area (Å²) in [6.07, 6.45) is 1.54. The minimum absolute atomic E-state index is 0.0778. The Labute approximate surface area is 183 Å². The van der Waals surface area contributed by atoms with Gasteiger partial charge in [-0.25, -0.2) is 9.37 Å². The van der Waals surface area contributed by atoms with Crippen LogP contribution in [0, 0.1) is 5.41 Å². The Bertz CT molecular complexity index is 995. The number of urea groups is 1. The summed E-state index contributed by atoms with van der Waals surface area (Å²) in [5, 5.41) is 4.69. The van der Waals surface area contributed by atoms with Gasteiger partial charge in [-0.1, -0.05) is 39.6 Å². The molecule has 3 heterocycles. The molecular weight excluding hydrogens is 396 g/mol. The number of likely N-dealkylation sites (N-methyl/N-ethyl adjacent to an activating group) is 1. The zero-order valence-electron chi connectivity index (χ0n) is 19.8. The summed E-state index contributed by atoms with van der Waals surface area (Å²) in [5.74, 6) is 0.301. The van der Waals surface area contributed by atoms with Gasteiger partial charge >= 0.3 is 12.0 Å². The number of aromatic nitrogens is 2. The summed E-state index contributed by atoms with van der Waals surface area (Å²) in [6.45, 7) is 13.1. The lowest BCUT2D eigenvalue weighted by atomic mass is 9.90. The Balaban J connectivity index is 2.11. The van der Waals surface area contributed by atoms with Gasteiger partial charge in [0.1, 0.15) is 5.69 Å². The third kappa shape index (κ3) is 3.81. The molecule has 1 saturated heterocycles. The molecule has 3 amide bonds. The van der Waals surface area contributed by atoms with Crippen LogP contribution in [-0.2, 0) is 22.4 Å². The van der Waals surface area contributed by atoms with Crippen LogP contribution < -0.4 is 0 Å².